The molecule has 0 heterocycles. The largest absolute Gasteiger partial charge is 0.405 e. The van der Waals surface area contributed by atoms with E-state index in [1.54, 1.807) is 12.2 Å². The first-order valence-electron chi connectivity index (χ1n) is 5.42. The second kappa shape index (κ2) is 7.55. The van der Waals surface area contributed by atoms with Crippen molar-refractivity contribution in [1.29, 1.82) is 0 Å². The van der Waals surface area contributed by atoms with Gasteiger partial charge in [-0.3, -0.25) is 4.79 Å². The van der Waals surface area contributed by atoms with Crippen LogP contribution >= 0.6 is 0 Å². The summed E-state index contributed by atoms with van der Waals surface area (Å²) < 4.78 is 40.1. The zero-order valence-electron chi connectivity index (χ0n) is 10.4. The number of hydrogen-bond acceptors (Lipinski definition) is 4. The van der Waals surface area contributed by atoms with Gasteiger partial charge in [-0.15, -0.1) is 0 Å². The number of methoxy groups -OCH3 is 1. The van der Waals surface area contributed by atoms with Gasteiger partial charge in [-0.1, -0.05) is 0 Å². The van der Waals surface area contributed by atoms with Gasteiger partial charge in [0.25, 0.3) is 0 Å². The predicted octanol–water partition coefficient (Wildman–Crippen LogP) is 0.0420. The molecule has 0 aromatic heterocycles. The van der Waals surface area contributed by atoms with Crippen molar-refractivity contribution in [2.45, 2.75) is 25.1 Å². The SMILES string of the molecule is COCCC(C)(O)CNCC(=O)NCC(F)(F)F. The first-order valence-corrected chi connectivity index (χ1v) is 5.42. The zero-order chi connectivity index (χ0) is 14.2. The van der Waals surface area contributed by atoms with Crippen LogP contribution in [-0.2, 0) is 9.53 Å². The maximum Gasteiger partial charge on any atom is 0.405 e. The molecule has 18 heavy (non-hydrogen) atoms. The van der Waals surface area contributed by atoms with E-state index >= 15 is 0 Å². The molecule has 0 aromatic rings. The van der Waals surface area contributed by atoms with Crippen molar-refractivity contribution in [2.75, 3.05) is 33.4 Å². The van der Waals surface area contributed by atoms with Crippen LogP contribution in [0.4, 0.5) is 13.2 Å². The van der Waals surface area contributed by atoms with Crippen LogP contribution in [0.2, 0.25) is 0 Å². The first-order chi connectivity index (χ1) is 8.16. The quantitative estimate of drug-likeness (QED) is 0.583. The van der Waals surface area contributed by atoms with E-state index in [0.717, 1.165) is 0 Å². The molecule has 0 aliphatic carbocycles. The lowest BCUT2D eigenvalue weighted by Gasteiger charge is -2.23. The van der Waals surface area contributed by atoms with Crippen molar-refractivity contribution < 1.29 is 27.8 Å². The van der Waals surface area contributed by atoms with Crippen LogP contribution in [0, 0.1) is 0 Å². The number of carbonyl (C=O) groups is 1. The summed E-state index contributed by atoms with van der Waals surface area (Å²) in [7, 11) is 1.49. The molecule has 0 fully saturated rings. The van der Waals surface area contributed by atoms with Gasteiger partial charge in [0.15, 0.2) is 0 Å². The molecule has 5 nitrogen and oxygen atoms in total. The van der Waals surface area contributed by atoms with Crippen LogP contribution in [0.15, 0.2) is 0 Å². The lowest BCUT2D eigenvalue weighted by atomic mass is 10.0. The van der Waals surface area contributed by atoms with E-state index in [4.69, 9.17) is 4.74 Å². The Bertz CT molecular complexity index is 257. The average molecular weight is 272 g/mol. The van der Waals surface area contributed by atoms with E-state index in [1.165, 1.54) is 7.11 Å². The molecule has 0 aliphatic heterocycles. The fourth-order valence-corrected chi connectivity index (χ4v) is 1.12. The maximum absolute atomic E-state index is 11.8. The number of rotatable bonds is 8. The highest BCUT2D eigenvalue weighted by molar-refractivity contribution is 5.78. The van der Waals surface area contributed by atoms with E-state index in [9.17, 15) is 23.1 Å². The minimum absolute atomic E-state index is 0.0931. The van der Waals surface area contributed by atoms with Crippen molar-refractivity contribution in [1.82, 2.24) is 10.6 Å². The van der Waals surface area contributed by atoms with Gasteiger partial charge >= 0.3 is 6.18 Å². The fraction of sp³-hybridized carbons (Fsp3) is 0.900. The Morgan fingerprint density at radius 1 is 1.33 bits per heavy atom. The summed E-state index contributed by atoms with van der Waals surface area (Å²) in [6.45, 7) is 0.365. The normalized spacial score (nSPS) is 15.2. The molecule has 108 valence electrons. The molecule has 0 saturated heterocycles. The van der Waals surface area contributed by atoms with Gasteiger partial charge in [-0.05, 0) is 6.92 Å². The highest BCUT2D eigenvalue weighted by Gasteiger charge is 2.27. The summed E-state index contributed by atoms with van der Waals surface area (Å²) in [4.78, 5) is 11.0. The number of carbonyl (C=O) groups excluding carboxylic acids is 1. The van der Waals surface area contributed by atoms with Gasteiger partial charge in [-0.25, -0.2) is 0 Å². The fourth-order valence-electron chi connectivity index (χ4n) is 1.12. The minimum Gasteiger partial charge on any atom is -0.389 e. The Morgan fingerprint density at radius 2 is 1.94 bits per heavy atom. The molecule has 0 radical (unpaired) electrons. The van der Waals surface area contributed by atoms with Crippen molar-refractivity contribution in [3.63, 3.8) is 0 Å². The third kappa shape index (κ3) is 10.3. The topological polar surface area (TPSA) is 70.6 Å². The van der Waals surface area contributed by atoms with Crippen LogP contribution in [0.3, 0.4) is 0 Å². The van der Waals surface area contributed by atoms with E-state index in [-0.39, 0.29) is 13.1 Å². The summed E-state index contributed by atoms with van der Waals surface area (Å²) in [6, 6.07) is 0. The summed E-state index contributed by atoms with van der Waals surface area (Å²) >= 11 is 0. The average Bonchev–Trinajstić information content (AvgIpc) is 2.22. The molecular weight excluding hydrogens is 253 g/mol. The van der Waals surface area contributed by atoms with Crippen molar-refractivity contribution in [2.24, 2.45) is 0 Å². The van der Waals surface area contributed by atoms with E-state index in [2.05, 4.69) is 5.32 Å². The lowest BCUT2D eigenvalue weighted by Crippen LogP contribution is -2.44. The standard InChI is InChI=1S/C10H19F3N2O3/c1-9(17,3-4-18-2)6-14-5-8(16)15-7-10(11,12)13/h14,17H,3-7H2,1-2H3,(H,15,16). The second-order valence-electron chi connectivity index (χ2n) is 4.24. The molecule has 0 bridgehead atoms. The molecule has 8 heteroatoms. The first kappa shape index (κ1) is 17.1. The number of aliphatic hydroxyl groups is 1. The molecule has 0 saturated carbocycles. The third-order valence-corrected chi connectivity index (χ3v) is 2.12. The molecule has 0 rings (SSSR count). The van der Waals surface area contributed by atoms with E-state index in [0.29, 0.717) is 13.0 Å². The lowest BCUT2D eigenvalue weighted by molar-refractivity contribution is -0.138. The van der Waals surface area contributed by atoms with E-state index in [1.807, 2.05) is 0 Å². The van der Waals surface area contributed by atoms with Gasteiger partial charge in [-0.2, -0.15) is 13.2 Å². The highest BCUT2D eigenvalue weighted by Crippen LogP contribution is 2.12. The molecular formula is C10H19F3N2O3. The monoisotopic (exact) mass is 272 g/mol. The van der Waals surface area contributed by atoms with Gasteiger partial charge in [0, 0.05) is 26.7 Å². The smallest absolute Gasteiger partial charge is 0.389 e. The van der Waals surface area contributed by atoms with Crippen LogP contribution < -0.4 is 10.6 Å². The highest BCUT2D eigenvalue weighted by atomic mass is 19.4. The number of nitrogens with one attached hydrogen (secondary N) is 2. The second-order valence-corrected chi connectivity index (χ2v) is 4.24. The third-order valence-electron chi connectivity index (χ3n) is 2.12. The van der Waals surface area contributed by atoms with Crippen LogP contribution in [-0.4, -0.2) is 56.1 Å². The number of ether oxygens (including phenoxy) is 1. The number of halogens is 3. The van der Waals surface area contributed by atoms with Crippen molar-refractivity contribution in [3.05, 3.63) is 0 Å². The van der Waals surface area contributed by atoms with Crippen LogP contribution in [0.5, 0.6) is 0 Å². The number of amides is 1. The Morgan fingerprint density at radius 3 is 2.44 bits per heavy atom. The Labute approximate surface area is 104 Å². The van der Waals surface area contributed by atoms with Gasteiger partial charge < -0.3 is 20.5 Å². The molecule has 1 unspecified atom stereocenters. The van der Waals surface area contributed by atoms with E-state index < -0.39 is 24.2 Å². The zero-order valence-corrected chi connectivity index (χ0v) is 10.4. The Balaban J connectivity index is 3.73. The van der Waals surface area contributed by atoms with Crippen molar-refractivity contribution >= 4 is 5.91 Å². The summed E-state index contributed by atoms with van der Waals surface area (Å²) in [6.07, 6.45) is -4.06. The molecule has 0 aromatic carbocycles. The van der Waals surface area contributed by atoms with Crippen LogP contribution in [0.1, 0.15) is 13.3 Å². The van der Waals surface area contributed by atoms with Gasteiger partial charge in [0.1, 0.15) is 6.54 Å². The maximum atomic E-state index is 11.8. The van der Waals surface area contributed by atoms with Gasteiger partial charge in [0.05, 0.1) is 12.1 Å². The molecule has 1 amide bonds. The number of hydrogen-bond donors (Lipinski definition) is 3. The van der Waals surface area contributed by atoms with Crippen molar-refractivity contribution in [3.8, 4) is 0 Å². The summed E-state index contributed by atoms with van der Waals surface area (Å²) in [5.41, 5.74) is -1.07. The van der Waals surface area contributed by atoms with Gasteiger partial charge in [0.2, 0.25) is 5.91 Å². The predicted molar refractivity (Wildman–Crippen MR) is 59.1 cm³/mol. The Kier molecular flexibility index (Phi) is 7.19. The summed E-state index contributed by atoms with van der Waals surface area (Å²) in [5.74, 6) is -0.769. The molecule has 3 N–H and O–H groups in total. The molecule has 0 spiro atoms. The minimum atomic E-state index is -4.42. The molecule has 1 atom stereocenters. The summed E-state index contributed by atoms with van der Waals surface area (Å²) in [5, 5.41) is 14.1. The van der Waals surface area contributed by atoms with Crippen LogP contribution in [0.25, 0.3) is 0 Å². The Hall–Kier alpha value is -0.860. The number of alkyl halides is 3. The molecule has 0 aliphatic rings.